The zero-order valence-corrected chi connectivity index (χ0v) is 15.7. The molecular weight excluding hydrogens is 356 g/mol. The maximum absolute atomic E-state index is 12.7. The zero-order chi connectivity index (χ0) is 18.9. The van der Waals surface area contributed by atoms with Gasteiger partial charge in [-0.15, -0.1) is 5.10 Å². The smallest absolute Gasteiger partial charge is 0.323 e. The highest BCUT2D eigenvalue weighted by Gasteiger charge is 2.25. The maximum atomic E-state index is 12.7. The van der Waals surface area contributed by atoms with Crippen LogP contribution in [0.3, 0.4) is 0 Å². The van der Waals surface area contributed by atoms with E-state index in [0.29, 0.717) is 19.1 Å². The standard InChI is InChI=1S/C19H24N8O/c28-19(22-17-7-8-21-27(17)15-3-1-2-4-15)25-13-11-24(12-14-25)18-6-5-16-20-9-10-26(16)23-18/h5-10,15H,1-4,11-14H2,(H,22,28). The van der Waals surface area contributed by atoms with Crippen LogP contribution in [0.1, 0.15) is 31.7 Å². The lowest BCUT2D eigenvalue weighted by Gasteiger charge is -2.35. The second kappa shape index (κ2) is 7.14. The second-order valence-corrected chi connectivity index (χ2v) is 7.43. The van der Waals surface area contributed by atoms with Gasteiger partial charge in [0.1, 0.15) is 11.6 Å². The first-order valence-electron chi connectivity index (χ1n) is 9.93. The quantitative estimate of drug-likeness (QED) is 0.754. The first-order valence-corrected chi connectivity index (χ1v) is 9.93. The van der Waals surface area contributed by atoms with Gasteiger partial charge in [-0.25, -0.2) is 19.0 Å². The van der Waals surface area contributed by atoms with Crippen molar-refractivity contribution >= 4 is 23.3 Å². The number of piperazine rings is 1. The average Bonchev–Trinajstić information content (AvgIpc) is 3.48. The summed E-state index contributed by atoms with van der Waals surface area (Å²) in [6.45, 7) is 2.82. The van der Waals surface area contributed by atoms with Crippen LogP contribution in [0.25, 0.3) is 5.65 Å². The van der Waals surface area contributed by atoms with Gasteiger partial charge in [0.05, 0.1) is 12.2 Å². The normalized spacial score (nSPS) is 18.1. The third kappa shape index (κ3) is 3.17. The van der Waals surface area contributed by atoms with Gasteiger partial charge >= 0.3 is 6.03 Å². The Bertz CT molecular complexity index is 965. The summed E-state index contributed by atoms with van der Waals surface area (Å²) in [7, 11) is 0. The van der Waals surface area contributed by atoms with Crippen molar-refractivity contribution in [3.05, 3.63) is 36.8 Å². The largest absolute Gasteiger partial charge is 0.352 e. The van der Waals surface area contributed by atoms with Crippen molar-refractivity contribution in [2.75, 3.05) is 36.4 Å². The number of carbonyl (C=O) groups excluding carboxylic acids is 1. The number of nitrogens with zero attached hydrogens (tertiary/aromatic N) is 7. The lowest BCUT2D eigenvalue weighted by Crippen LogP contribution is -2.50. The van der Waals surface area contributed by atoms with Crippen LogP contribution in [0.5, 0.6) is 0 Å². The molecule has 2 aliphatic rings. The third-order valence-corrected chi connectivity index (χ3v) is 5.71. The molecule has 1 aliphatic heterocycles. The van der Waals surface area contributed by atoms with Gasteiger partial charge in [0.2, 0.25) is 0 Å². The minimum atomic E-state index is -0.0579. The highest BCUT2D eigenvalue weighted by molar-refractivity contribution is 5.88. The van der Waals surface area contributed by atoms with Crippen LogP contribution in [-0.2, 0) is 0 Å². The van der Waals surface area contributed by atoms with Gasteiger partial charge in [-0.3, -0.25) is 5.32 Å². The first kappa shape index (κ1) is 17.0. The third-order valence-electron chi connectivity index (χ3n) is 5.71. The van der Waals surface area contributed by atoms with E-state index in [1.165, 1.54) is 12.8 Å². The minimum absolute atomic E-state index is 0.0579. The Morgan fingerprint density at radius 2 is 1.86 bits per heavy atom. The van der Waals surface area contributed by atoms with Crippen molar-refractivity contribution in [2.45, 2.75) is 31.7 Å². The van der Waals surface area contributed by atoms with E-state index in [-0.39, 0.29) is 6.03 Å². The van der Waals surface area contributed by atoms with E-state index in [0.717, 1.165) is 43.2 Å². The fraction of sp³-hybridized carbons (Fsp3) is 0.474. The Labute approximate surface area is 162 Å². The Morgan fingerprint density at radius 3 is 2.68 bits per heavy atom. The van der Waals surface area contributed by atoms with Gasteiger partial charge in [-0.2, -0.15) is 5.10 Å². The zero-order valence-electron chi connectivity index (χ0n) is 15.7. The lowest BCUT2D eigenvalue weighted by atomic mass is 10.2. The number of fused-ring (bicyclic) bond motifs is 1. The Kier molecular flexibility index (Phi) is 4.34. The molecule has 1 saturated heterocycles. The molecule has 2 fully saturated rings. The lowest BCUT2D eigenvalue weighted by molar-refractivity contribution is 0.207. The van der Waals surface area contributed by atoms with Crippen LogP contribution in [0, 0.1) is 0 Å². The number of aromatic nitrogens is 5. The number of hydrogen-bond donors (Lipinski definition) is 1. The fourth-order valence-electron chi connectivity index (χ4n) is 4.15. The number of rotatable bonds is 3. The van der Waals surface area contributed by atoms with Gasteiger partial charge in [0, 0.05) is 44.6 Å². The van der Waals surface area contributed by atoms with Crippen LogP contribution in [0.15, 0.2) is 36.8 Å². The van der Waals surface area contributed by atoms with E-state index in [9.17, 15) is 4.79 Å². The first-order chi connectivity index (χ1) is 13.8. The molecule has 1 N–H and O–H groups in total. The monoisotopic (exact) mass is 380 g/mol. The molecule has 5 rings (SSSR count). The van der Waals surface area contributed by atoms with E-state index in [4.69, 9.17) is 0 Å². The predicted molar refractivity (Wildman–Crippen MR) is 106 cm³/mol. The summed E-state index contributed by atoms with van der Waals surface area (Å²) in [5, 5.41) is 12.1. The molecule has 9 nitrogen and oxygen atoms in total. The molecular formula is C19H24N8O. The average molecular weight is 380 g/mol. The van der Waals surface area contributed by atoms with Crippen molar-refractivity contribution in [1.82, 2.24) is 29.3 Å². The fourth-order valence-corrected chi connectivity index (χ4v) is 4.15. The van der Waals surface area contributed by atoms with Crippen molar-refractivity contribution < 1.29 is 4.79 Å². The summed E-state index contributed by atoms with van der Waals surface area (Å²) >= 11 is 0. The summed E-state index contributed by atoms with van der Waals surface area (Å²) < 4.78 is 3.75. The van der Waals surface area contributed by atoms with Gasteiger partial charge in [-0.1, -0.05) is 12.8 Å². The molecule has 28 heavy (non-hydrogen) atoms. The number of amides is 2. The van der Waals surface area contributed by atoms with Crippen LogP contribution in [0.2, 0.25) is 0 Å². The van der Waals surface area contributed by atoms with Gasteiger partial charge in [0.25, 0.3) is 0 Å². The number of imidazole rings is 1. The molecule has 1 aliphatic carbocycles. The highest BCUT2D eigenvalue weighted by atomic mass is 16.2. The number of urea groups is 1. The summed E-state index contributed by atoms with van der Waals surface area (Å²) in [6.07, 6.45) is 10.1. The van der Waals surface area contributed by atoms with E-state index < -0.39 is 0 Å². The summed E-state index contributed by atoms with van der Waals surface area (Å²) in [4.78, 5) is 21.0. The minimum Gasteiger partial charge on any atom is -0.352 e. The molecule has 4 heterocycles. The summed E-state index contributed by atoms with van der Waals surface area (Å²) in [6, 6.07) is 6.18. The van der Waals surface area contributed by atoms with Crippen molar-refractivity contribution in [3.8, 4) is 0 Å². The number of hydrogen-bond acceptors (Lipinski definition) is 5. The van der Waals surface area contributed by atoms with Crippen LogP contribution in [0.4, 0.5) is 16.4 Å². The highest BCUT2D eigenvalue weighted by Crippen LogP contribution is 2.31. The molecule has 1 saturated carbocycles. The molecule has 146 valence electrons. The van der Waals surface area contributed by atoms with E-state index in [2.05, 4.69) is 25.4 Å². The van der Waals surface area contributed by atoms with Gasteiger partial charge in [-0.05, 0) is 25.0 Å². The van der Waals surface area contributed by atoms with Crippen molar-refractivity contribution in [1.29, 1.82) is 0 Å². The molecule has 2 amide bonds. The van der Waals surface area contributed by atoms with Gasteiger partial charge in [0.15, 0.2) is 5.65 Å². The molecule has 9 heteroatoms. The molecule has 0 unspecified atom stereocenters. The Balaban J connectivity index is 1.21. The summed E-state index contributed by atoms with van der Waals surface area (Å²) in [5.74, 6) is 1.71. The van der Waals surface area contributed by atoms with Crippen LogP contribution in [-0.4, -0.2) is 61.5 Å². The van der Waals surface area contributed by atoms with Crippen LogP contribution >= 0.6 is 0 Å². The SMILES string of the molecule is O=C(Nc1ccnn1C1CCCC1)N1CCN(c2ccc3nccn3n2)CC1. The molecule has 0 aromatic carbocycles. The molecule has 0 spiro atoms. The molecule has 0 bridgehead atoms. The predicted octanol–water partition coefficient (Wildman–Crippen LogP) is 2.40. The molecule has 0 radical (unpaired) electrons. The molecule has 0 atom stereocenters. The van der Waals surface area contributed by atoms with Gasteiger partial charge < -0.3 is 9.80 Å². The number of nitrogens with one attached hydrogen (secondary N) is 1. The van der Waals surface area contributed by atoms with E-state index in [1.54, 1.807) is 16.9 Å². The Morgan fingerprint density at radius 1 is 1.04 bits per heavy atom. The summed E-state index contributed by atoms with van der Waals surface area (Å²) in [5.41, 5.74) is 0.834. The van der Waals surface area contributed by atoms with E-state index >= 15 is 0 Å². The maximum Gasteiger partial charge on any atom is 0.323 e. The Hall–Kier alpha value is -3.10. The number of anilines is 2. The van der Waals surface area contributed by atoms with Crippen molar-refractivity contribution in [2.24, 2.45) is 0 Å². The van der Waals surface area contributed by atoms with Crippen molar-refractivity contribution in [3.63, 3.8) is 0 Å². The van der Waals surface area contributed by atoms with Crippen LogP contribution < -0.4 is 10.2 Å². The topological polar surface area (TPSA) is 83.6 Å². The second-order valence-electron chi connectivity index (χ2n) is 7.43. The molecule has 3 aromatic heterocycles. The van der Waals surface area contributed by atoms with E-state index in [1.807, 2.05) is 34.0 Å². The molecule has 3 aromatic rings. The number of carbonyl (C=O) groups is 1.